The van der Waals surface area contributed by atoms with Gasteiger partial charge in [-0.1, -0.05) is 106 Å². The molecule has 39 heavy (non-hydrogen) atoms. The zero-order chi connectivity index (χ0) is 27.3. The van der Waals surface area contributed by atoms with Crippen LogP contribution < -0.4 is 0 Å². The maximum absolute atomic E-state index is 14.9. The summed E-state index contributed by atoms with van der Waals surface area (Å²) in [6.45, 7) is 4.42. The maximum atomic E-state index is 14.9. The van der Waals surface area contributed by atoms with Crippen LogP contribution in [-0.2, 0) is 12.8 Å². The highest BCUT2D eigenvalue weighted by molar-refractivity contribution is 5.85. The van der Waals surface area contributed by atoms with Crippen LogP contribution in [0.2, 0.25) is 0 Å². The summed E-state index contributed by atoms with van der Waals surface area (Å²) in [6.07, 6.45) is 11.8. The number of halogens is 1. The van der Waals surface area contributed by atoms with Crippen molar-refractivity contribution in [2.45, 2.75) is 78.1 Å². The van der Waals surface area contributed by atoms with Crippen LogP contribution in [0.4, 0.5) is 4.39 Å². The van der Waals surface area contributed by atoms with Crippen LogP contribution >= 0.6 is 0 Å². The van der Waals surface area contributed by atoms with Gasteiger partial charge in [0.1, 0.15) is 5.82 Å². The van der Waals surface area contributed by atoms with Crippen molar-refractivity contribution in [1.29, 1.82) is 0 Å². The fraction of sp³-hybridized carbons (Fsp3) is 0.316. The van der Waals surface area contributed by atoms with E-state index >= 15 is 0 Å². The van der Waals surface area contributed by atoms with E-state index in [-0.39, 0.29) is 5.82 Å². The van der Waals surface area contributed by atoms with E-state index in [1.54, 1.807) is 0 Å². The number of hydrogen-bond acceptors (Lipinski definition) is 0. The van der Waals surface area contributed by atoms with Gasteiger partial charge in [-0.25, -0.2) is 4.39 Å². The Morgan fingerprint density at radius 1 is 0.513 bits per heavy atom. The van der Waals surface area contributed by atoms with E-state index < -0.39 is 0 Å². The first-order valence-electron chi connectivity index (χ1n) is 14.6. The van der Waals surface area contributed by atoms with E-state index in [0.29, 0.717) is 5.39 Å². The number of aryl methyl sites for hydroxylation is 2. The lowest BCUT2D eigenvalue weighted by Gasteiger charge is -2.07. The molecule has 4 aromatic rings. The minimum atomic E-state index is -0.0893. The third kappa shape index (κ3) is 8.60. The van der Waals surface area contributed by atoms with E-state index in [0.717, 1.165) is 65.3 Å². The zero-order valence-corrected chi connectivity index (χ0v) is 23.5. The molecule has 0 spiro atoms. The summed E-state index contributed by atoms with van der Waals surface area (Å²) in [4.78, 5) is 0. The summed E-state index contributed by atoms with van der Waals surface area (Å²) in [5.41, 5.74) is 6.02. The first kappa shape index (κ1) is 28.2. The Labute approximate surface area is 234 Å². The highest BCUT2D eigenvalue weighted by atomic mass is 19.1. The van der Waals surface area contributed by atoms with Gasteiger partial charge in [0.2, 0.25) is 0 Å². The molecule has 0 radical (unpaired) electrons. The van der Waals surface area contributed by atoms with Crippen molar-refractivity contribution < 1.29 is 4.39 Å². The van der Waals surface area contributed by atoms with E-state index in [1.807, 2.05) is 54.6 Å². The Bertz CT molecular complexity index is 1470. The van der Waals surface area contributed by atoms with Crippen LogP contribution in [0.3, 0.4) is 0 Å². The molecule has 0 aromatic heterocycles. The van der Waals surface area contributed by atoms with Crippen molar-refractivity contribution in [3.63, 3.8) is 0 Å². The van der Waals surface area contributed by atoms with Gasteiger partial charge in [0.15, 0.2) is 0 Å². The second-order valence-electron chi connectivity index (χ2n) is 10.4. The zero-order valence-electron chi connectivity index (χ0n) is 23.5. The van der Waals surface area contributed by atoms with Crippen LogP contribution in [0.1, 0.15) is 98.6 Å². The smallest absolute Gasteiger partial charge is 0.134 e. The molecule has 0 unspecified atom stereocenters. The minimum absolute atomic E-state index is 0.0893. The van der Waals surface area contributed by atoms with Crippen molar-refractivity contribution in [3.8, 4) is 23.7 Å². The van der Waals surface area contributed by atoms with E-state index in [4.69, 9.17) is 0 Å². The van der Waals surface area contributed by atoms with Gasteiger partial charge in [-0.3, -0.25) is 0 Å². The van der Waals surface area contributed by atoms with Crippen LogP contribution in [0.25, 0.3) is 10.8 Å². The Morgan fingerprint density at radius 3 is 1.67 bits per heavy atom. The Balaban J connectivity index is 1.35. The topological polar surface area (TPSA) is 0 Å². The van der Waals surface area contributed by atoms with Gasteiger partial charge < -0.3 is 0 Å². The summed E-state index contributed by atoms with van der Waals surface area (Å²) in [5.74, 6) is 12.9. The molecule has 0 heterocycles. The summed E-state index contributed by atoms with van der Waals surface area (Å²) in [5, 5.41) is 1.57. The summed E-state index contributed by atoms with van der Waals surface area (Å²) in [6, 6.07) is 26.4. The minimum Gasteiger partial charge on any atom is -0.206 e. The summed E-state index contributed by atoms with van der Waals surface area (Å²) < 4.78 is 14.9. The molecule has 0 bridgehead atoms. The van der Waals surface area contributed by atoms with Crippen molar-refractivity contribution in [1.82, 2.24) is 0 Å². The standard InChI is InChI=1S/C38H39F/c1-3-5-7-8-10-11-30-13-15-31(16-14-30)17-18-32-19-21-33(22-20-32)23-24-34-25-28-37-36(29-34)27-26-35(38(37)39)12-9-6-4-2/h13-16,19-22,25-29H,3-12H2,1-2H3. The average molecular weight is 515 g/mol. The van der Waals surface area contributed by atoms with Gasteiger partial charge in [0.25, 0.3) is 0 Å². The SMILES string of the molecule is CCCCCCCc1ccc(C#Cc2ccc(C#Cc3ccc4c(F)c(CCCCC)ccc4c3)cc2)cc1. The molecule has 0 atom stereocenters. The molecule has 0 saturated heterocycles. The molecule has 1 heteroatoms. The fourth-order valence-electron chi connectivity index (χ4n) is 4.79. The van der Waals surface area contributed by atoms with Gasteiger partial charge in [0.05, 0.1) is 0 Å². The Morgan fingerprint density at radius 2 is 1.03 bits per heavy atom. The van der Waals surface area contributed by atoms with Crippen LogP contribution in [-0.4, -0.2) is 0 Å². The predicted octanol–water partition coefficient (Wildman–Crippen LogP) is 10.0. The highest BCUT2D eigenvalue weighted by Crippen LogP contribution is 2.24. The van der Waals surface area contributed by atoms with Crippen molar-refractivity contribution >= 4 is 10.8 Å². The van der Waals surface area contributed by atoms with Gasteiger partial charge in [0, 0.05) is 27.6 Å². The number of fused-ring (bicyclic) bond motifs is 1. The third-order valence-electron chi connectivity index (χ3n) is 7.19. The average Bonchev–Trinajstić information content (AvgIpc) is 2.97. The molecule has 0 aliphatic heterocycles. The summed E-state index contributed by atoms with van der Waals surface area (Å²) >= 11 is 0. The van der Waals surface area contributed by atoms with Crippen LogP contribution in [0.15, 0.2) is 78.9 Å². The molecule has 198 valence electrons. The highest BCUT2D eigenvalue weighted by Gasteiger charge is 2.07. The second kappa shape index (κ2) is 15.0. The Hall–Kier alpha value is -3.81. The third-order valence-corrected chi connectivity index (χ3v) is 7.19. The molecular formula is C38H39F. The van der Waals surface area contributed by atoms with E-state index in [2.05, 4.69) is 61.8 Å². The lowest BCUT2D eigenvalue weighted by Crippen LogP contribution is -1.93. The van der Waals surface area contributed by atoms with Gasteiger partial charge in [-0.15, -0.1) is 0 Å². The fourth-order valence-corrected chi connectivity index (χ4v) is 4.79. The largest absolute Gasteiger partial charge is 0.206 e. The Kier molecular flexibility index (Phi) is 10.8. The molecule has 0 amide bonds. The molecule has 0 fully saturated rings. The first-order chi connectivity index (χ1) is 19.2. The molecule has 0 nitrogen and oxygen atoms in total. The lowest BCUT2D eigenvalue weighted by molar-refractivity contribution is 0.609. The van der Waals surface area contributed by atoms with Crippen molar-refractivity contribution in [2.24, 2.45) is 0 Å². The van der Waals surface area contributed by atoms with Gasteiger partial charge in [-0.2, -0.15) is 0 Å². The van der Waals surface area contributed by atoms with Crippen molar-refractivity contribution in [2.75, 3.05) is 0 Å². The van der Waals surface area contributed by atoms with Crippen molar-refractivity contribution in [3.05, 3.63) is 118 Å². The molecule has 0 aliphatic carbocycles. The first-order valence-corrected chi connectivity index (χ1v) is 14.6. The van der Waals surface area contributed by atoms with E-state index in [1.165, 1.54) is 37.7 Å². The number of unbranched alkanes of at least 4 members (excludes halogenated alkanes) is 6. The maximum Gasteiger partial charge on any atom is 0.134 e. The summed E-state index contributed by atoms with van der Waals surface area (Å²) in [7, 11) is 0. The molecule has 0 N–H and O–H groups in total. The number of rotatable bonds is 10. The predicted molar refractivity (Wildman–Crippen MR) is 164 cm³/mol. The molecule has 0 saturated carbocycles. The molecular weight excluding hydrogens is 475 g/mol. The second-order valence-corrected chi connectivity index (χ2v) is 10.4. The van der Waals surface area contributed by atoms with Gasteiger partial charge in [-0.05, 0) is 90.7 Å². The lowest BCUT2D eigenvalue weighted by atomic mass is 10.00. The molecule has 4 aromatic carbocycles. The van der Waals surface area contributed by atoms with Gasteiger partial charge >= 0.3 is 0 Å². The molecule has 4 rings (SSSR count). The number of benzene rings is 4. The van der Waals surface area contributed by atoms with E-state index in [9.17, 15) is 4.39 Å². The quantitative estimate of drug-likeness (QED) is 0.146. The number of hydrogen-bond donors (Lipinski definition) is 0. The van der Waals surface area contributed by atoms with Crippen LogP contribution in [0.5, 0.6) is 0 Å². The van der Waals surface area contributed by atoms with Crippen LogP contribution in [0, 0.1) is 29.5 Å². The molecule has 0 aliphatic rings. The monoisotopic (exact) mass is 514 g/mol. The normalized spacial score (nSPS) is 10.5.